The van der Waals surface area contributed by atoms with Crippen LogP contribution in [0.1, 0.15) is 5.56 Å². The highest BCUT2D eigenvalue weighted by Gasteiger charge is 2.38. The van der Waals surface area contributed by atoms with Gasteiger partial charge in [-0.3, -0.25) is 0 Å². The summed E-state index contributed by atoms with van der Waals surface area (Å²) in [6.07, 6.45) is -5.08. The molecule has 1 aliphatic heterocycles. The quantitative estimate of drug-likeness (QED) is 0.501. The van der Waals surface area contributed by atoms with Gasteiger partial charge in [-0.2, -0.15) is 13.2 Å². The molecule has 0 unspecified atom stereocenters. The Kier molecular flexibility index (Phi) is 8.32. The molecule has 0 amide bonds. The Morgan fingerprint density at radius 2 is 1.42 bits per heavy atom. The number of carboxylic acid groups (broad SMARTS) is 1. The van der Waals surface area contributed by atoms with E-state index in [2.05, 4.69) is 64.8 Å². The van der Waals surface area contributed by atoms with E-state index in [-0.39, 0.29) is 0 Å². The van der Waals surface area contributed by atoms with E-state index < -0.39 is 12.1 Å². The number of anilines is 1. The van der Waals surface area contributed by atoms with E-state index in [0.29, 0.717) is 0 Å². The molecule has 8 heteroatoms. The number of benzene rings is 3. The predicted molar refractivity (Wildman–Crippen MR) is 121 cm³/mol. The number of halogens is 3. The number of rotatable bonds is 7. The van der Waals surface area contributed by atoms with Crippen molar-refractivity contribution >= 4 is 11.7 Å². The second kappa shape index (κ2) is 11.4. The minimum Gasteiger partial charge on any atom is -0.475 e. The summed E-state index contributed by atoms with van der Waals surface area (Å²) in [7, 11) is 0. The largest absolute Gasteiger partial charge is 0.490 e. The van der Waals surface area contributed by atoms with Crippen molar-refractivity contribution in [2.45, 2.75) is 12.7 Å². The molecule has 0 atom stereocenters. The number of carbonyl (C=O) groups is 1. The van der Waals surface area contributed by atoms with E-state index >= 15 is 0 Å². The van der Waals surface area contributed by atoms with Crippen LogP contribution in [-0.2, 0) is 11.3 Å². The first-order valence-corrected chi connectivity index (χ1v) is 10.4. The first-order chi connectivity index (χ1) is 15.8. The third-order valence-electron chi connectivity index (χ3n) is 4.98. The van der Waals surface area contributed by atoms with Crippen molar-refractivity contribution in [1.29, 1.82) is 0 Å². The van der Waals surface area contributed by atoms with Crippen LogP contribution in [0.5, 0.6) is 11.5 Å². The van der Waals surface area contributed by atoms with Crippen LogP contribution < -0.4 is 15.0 Å². The molecule has 33 heavy (non-hydrogen) atoms. The van der Waals surface area contributed by atoms with Gasteiger partial charge in [-0.25, -0.2) is 4.79 Å². The van der Waals surface area contributed by atoms with Crippen molar-refractivity contribution in [2.75, 3.05) is 24.5 Å². The van der Waals surface area contributed by atoms with Gasteiger partial charge in [-0.1, -0.05) is 48.5 Å². The van der Waals surface area contributed by atoms with E-state index in [4.69, 9.17) is 14.6 Å². The lowest BCUT2D eigenvalue weighted by Gasteiger charge is -2.34. The van der Waals surface area contributed by atoms with Crippen molar-refractivity contribution in [3.8, 4) is 11.5 Å². The zero-order chi connectivity index (χ0) is 23.7. The minimum atomic E-state index is -5.08. The summed E-state index contributed by atoms with van der Waals surface area (Å²) in [4.78, 5) is 11.4. The van der Waals surface area contributed by atoms with Crippen molar-refractivity contribution in [2.24, 2.45) is 5.92 Å². The number of carboxylic acids is 1. The van der Waals surface area contributed by atoms with Gasteiger partial charge in [0.05, 0.1) is 0 Å². The number of ether oxygens (including phenoxy) is 1. The molecule has 0 aliphatic carbocycles. The second-order valence-electron chi connectivity index (χ2n) is 7.60. The molecule has 174 valence electrons. The molecule has 3 aromatic carbocycles. The van der Waals surface area contributed by atoms with Gasteiger partial charge < -0.3 is 20.1 Å². The molecule has 1 aliphatic rings. The third-order valence-corrected chi connectivity index (χ3v) is 4.98. The molecule has 1 heterocycles. The van der Waals surface area contributed by atoms with Crippen LogP contribution in [0.3, 0.4) is 0 Å². The van der Waals surface area contributed by atoms with E-state index in [1.807, 2.05) is 30.3 Å². The standard InChI is InChI=1S/C23H24N2O.C2HF3O2/c1-3-7-19(8-4-1)17-25(18-20-15-24-16-20)21-11-13-23(14-12-21)26-22-9-5-2-6-10-22;3-2(4,5)1(6)7/h1-14,20,24H,15-18H2;(H,6,7). The van der Waals surface area contributed by atoms with Gasteiger partial charge in [-0.15, -0.1) is 0 Å². The Morgan fingerprint density at radius 3 is 1.91 bits per heavy atom. The fourth-order valence-corrected chi connectivity index (χ4v) is 3.20. The van der Waals surface area contributed by atoms with Crippen LogP contribution >= 0.6 is 0 Å². The highest BCUT2D eigenvalue weighted by atomic mass is 19.4. The molecule has 0 aromatic heterocycles. The van der Waals surface area contributed by atoms with Gasteiger partial charge >= 0.3 is 12.1 Å². The van der Waals surface area contributed by atoms with Gasteiger partial charge in [-0.05, 0) is 42.0 Å². The van der Waals surface area contributed by atoms with Crippen LogP contribution in [0.15, 0.2) is 84.9 Å². The Morgan fingerprint density at radius 1 is 0.909 bits per heavy atom. The maximum atomic E-state index is 10.6. The SMILES string of the molecule is O=C(O)C(F)(F)F.c1ccc(CN(CC2CNC2)c2ccc(Oc3ccccc3)cc2)cc1. The molecular formula is C25H25F3N2O3. The summed E-state index contributed by atoms with van der Waals surface area (Å²) in [5, 5.41) is 10.5. The normalized spacial score (nSPS) is 13.3. The first kappa shape index (κ1) is 24.1. The average molecular weight is 458 g/mol. The Labute approximate surface area is 190 Å². The maximum Gasteiger partial charge on any atom is 0.490 e. The number of nitrogens with one attached hydrogen (secondary N) is 1. The third kappa shape index (κ3) is 7.84. The number of hydrogen-bond acceptors (Lipinski definition) is 4. The van der Waals surface area contributed by atoms with Crippen LogP contribution in [0.2, 0.25) is 0 Å². The van der Waals surface area contributed by atoms with E-state index in [0.717, 1.165) is 43.6 Å². The number of hydrogen-bond donors (Lipinski definition) is 2. The Balaban J connectivity index is 0.000000383. The van der Waals surface area contributed by atoms with Crippen molar-refractivity contribution in [3.63, 3.8) is 0 Å². The fraction of sp³-hybridized carbons (Fsp3) is 0.240. The Bertz CT molecular complexity index is 993. The molecule has 0 radical (unpaired) electrons. The van der Waals surface area contributed by atoms with Gasteiger partial charge in [0.2, 0.25) is 0 Å². The average Bonchev–Trinajstić information content (AvgIpc) is 2.77. The summed E-state index contributed by atoms with van der Waals surface area (Å²) in [5.74, 6) is -0.307. The number of nitrogens with zero attached hydrogens (tertiary/aromatic N) is 1. The number of aliphatic carboxylic acids is 1. The monoisotopic (exact) mass is 458 g/mol. The van der Waals surface area contributed by atoms with Crippen molar-refractivity contribution in [3.05, 3.63) is 90.5 Å². The molecule has 4 rings (SSSR count). The van der Waals surface area contributed by atoms with Crippen LogP contribution in [0.4, 0.5) is 18.9 Å². The minimum absolute atomic E-state index is 0.721. The lowest BCUT2D eigenvalue weighted by molar-refractivity contribution is -0.192. The van der Waals surface area contributed by atoms with Gasteiger partial charge in [0.15, 0.2) is 0 Å². The van der Waals surface area contributed by atoms with Crippen LogP contribution in [-0.4, -0.2) is 36.9 Å². The molecule has 1 saturated heterocycles. The van der Waals surface area contributed by atoms with Gasteiger partial charge in [0.1, 0.15) is 11.5 Å². The van der Waals surface area contributed by atoms with E-state index in [9.17, 15) is 13.2 Å². The zero-order valence-corrected chi connectivity index (χ0v) is 17.8. The summed E-state index contributed by atoms with van der Waals surface area (Å²) < 4.78 is 37.7. The van der Waals surface area contributed by atoms with Gasteiger partial charge in [0.25, 0.3) is 0 Å². The van der Waals surface area contributed by atoms with Crippen molar-refractivity contribution in [1.82, 2.24) is 5.32 Å². The summed E-state index contributed by atoms with van der Waals surface area (Å²) in [6, 6.07) is 29.0. The molecule has 2 N–H and O–H groups in total. The molecule has 0 saturated carbocycles. The van der Waals surface area contributed by atoms with Gasteiger partial charge in [0, 0.05) is 37.8 Å². The smallest absolute Gasteiger partial charge is 0.475 e. The summed E-state index contributed by atoms with van der Waals surface area (Å²) in [6.45, 7) is 4.22. The molecule has 3 aromatic rings. The lowest BCUT2D eigenvalue weighted by Crippen LogP contribution is -2.48. The highest BCUT2D eigenvalue weighted by Crippen LogP contribution is 2.26. The molecule has 0 spiro atoms. The topological polar surface area (TPSA) is 61.8 Å². The number of para-hydroxylation sites is 1. The number of alkyl halides is 3. The predicted octanol–water partition coefficient (Wildman–Crippen LogP) is 5.34. The summed E-state index contributed by atoms with van der Waals surface area (Å²) >= 11 is 0. The highest BCUT2D eigenvalue weighted by molar-refractivity contribution is 5.73. The van der Waals surface area contributed by atoms with E-state index in [1.165, 1.54) is 11.3 Å². The maximum absolute atomic E-state index is 10.6. The van der Waals surface area contributed by atoms with Crippen LogP contribution in [0, 0.1) is 5.92 Å². The fourth-order valence-electron chi connectivity index (χ4n) is 3.20. The lowest BCUT2D eigenvalue weighted by atomic mass is 10.0. The zero-order valence-electron chi connectivity index (χ0n) is 17.8. The molecule has 5 nitrogen and oxygen atoms in total. The first-order valence-electron chi connectivity index (χ1n) is 10.4. The molecular weight excluding hydrogens is 433 g/mol. The molecule has 1 fully saturated rings. The molecule has 0 bridgehead atoms. The van der Waals surface area contributed by atoms with E-state index in [1.54, 1.807) is 0 Å². The Hall–Kier alpha value is -3.52. The second-order valence-corrected chi connectivity index (χ2v) is 7.60. The van der Waals surface area contributed by atoms with Crippen LogP contribution in [0.25, 0.3) is 0 Å². The summed E-state index contributed by atoms with van der Waals surface area (Å²) in [5.41, 5.74) is 2.57. The van der Waals surface area contributed by atoms with Crippen molar-refractivity contribution < 1.29 is 27.8 Å².